The molecule has 0 radical (unpaired) electrons. The Morgan fingerprint density at radius 1 is 1.22 bits per heavy atom. The Morgan fingerprint density at radius 2 is 2.00 bits per heavy atom. The zero-order chi connectivity index (χ0) is 12.5. The van der Waals surface area contributed by atoms with Crippen molar-refractivity contribution in [3.05, 3.63) is 52.7 Å². The minimum Gasteiger partial charge on any atom is -0.329 e. The van der Waals surface area contributed by atoms with E-state index >= 15 is 0 Å². The molecule has 0 aliphatic heterocycles. The first-order valence-corrected chi connectivity index (χ1v) is 6.10. The average Bonchev–Trinajstić information content (AvgIpc) is 2.69. The fourth-order valence-corrected chi connectivity index (χ4v) is 2.23. The van der Waals surface area contributed by atoms with Gasteiger partial charge in [0.2, 0.25) is 0 Å². The van der Waals surface area contributed by atoms with Crippen molar-refractivity contribution >= 4 is 23.4 Å². The lowest BCUT2D eigenvalue weighted by atomic mass is 10.2. The maximum Gasteiger partial charge on any atom is 0.179 e. The van der Waals surface area contributed by atoms with Crippen LogP contribution in [0.1, 0.15) is 11.3 Å². The SMILES string of the molecule is Cc1cccnc1Cn1c(=S)[nH]c2cccnc21. The molecule has 4 nitrogen and oxygen atoms in total. The Kier molecular flexibility index (Phi) is 2.68. The molecule has 18 heavy (non-hydrogen) atoms. The van der Waals surface area contributed by atoms with Crippen molar-refractivity contribution in [1.29, 1.82) is 0 Å². The molecule has 3 rings (SSSR count). The molecule has 0 bridgehead atoms. The predicted molar refractivity (Wildman–Crippen MR) is 73.0 cm³/mol. The van der Waals surface area contributed by atoms with E-state index in [1.165, 1.54) is 0 Å². The summed E-state index contributed by atoms with van der Waals surface area (Å²) in [6, 6.07) is 7.85. The third-order valence-corrected chi connectivity index (χ3v) is 3.28. The highest BCUT2D eigenvalue weighted by Crippen LogP contribution is 2.13. The van der Waals surface area contributed by atoms with E-state index in [0.29, 0.717) is 11.3 Å². The van der Waals surface area contributed by atoms with Gasteiger partial charge < -0.3 is 4.98 Å². The van der Waals surface area contributed by atoms with E-state index in [1.54, 1.807) is 12.4 Å². The van der Waals surface area contributed by atoms with Gasteiger partial charge in [-0.1, -0.05) is 6.07 Å². The second kappa shape index (κ2) is 4.34. The van der Waals surface area contributed by atoms with Crippen molar-refractivity contribution in [2.75, 3.05) is 0 Å². The molecule has 0 aromatic carbocycles. The van der Waals surface area contributed by atoms with Crippen molar-refractivity contribution in [3.8, 4) is 0 Å². The summed E-state index contributed by atoms with van der Waals surface area (Å²) < 4.78 is 2.65. The van der Waals surface area contributed by atoms with Crippen molar-refractivity contribution < 1.29 is 0 Å². The summed E-state index contributed by atoms with van der Waals surface area (Å²) in [7, 11) is 0. The number of aromatic amines is 1. The Hall–Kier alpha value is -2.01. The van der Waals surface area contributed by atoms with E-state index in [0.717, 1.165) is 22.4 Å². The van der Waals surface area contributed by atoms with Crippen LogP contribution >= 0.6 is 12.2 Å². The first-order chi connectivity index (χ1) is 8.75. The standard InChI is InChI=1S/C13H12N4S/c1-9-4-2-6-14-11(9)8-17-12-10(16-13(17)18)5-3-7-15-12/h2-7H,8H2,1H3,(H,16,18). The Morgan fingerprint density at radius 3 is 2.83 bits per heavy atom. The first kappa shape index (κ1) is 11.1. The molecular formula is C13H12N4S. The van der Waals surface area contributed by atoms with Gasteiger partial charge in [-0.2, -0.15) is 0 Å². The molecule has 0 saturated heterocycles. The minimum absolute atomic E-state index is 0.641. The number of imidazole rings is 1. The van der Waals surface area contributed by atoms with Gasteiger partial charge in [0.15, 0.2) is 10.4 Å². The van der Waals surface area contributed by atoms with Crippen LogP contribution in [-0.4, -0.2) is 19.5 Å². The predicted octanol–water partition coefficient (Wildman–Crippen LogP) is 2.85. The van der Waals surface area contributed by atoms with Crippen LogP contribution in [0.5, 0.6) is 0 Å². The lowest BCUT2D eigenvalue weighted by Crippen LogP contribution is -2.04. The van der Waals surface area contributed by atoms with Gasteiger partial charge in [-0.15, -0.1) is 0 Å². The number of rotatable bonds is 2. The number of nitrogens with one attached hydrogen (secondary N) is 1. The fraction of sp³-hybridized carbons (Fsp3) is 0.154. The Labute approximate surface area is 109 Å². The van der Waals surface area contributed by atoms with Gasteiger partial charge in [-0.3, -0.25) is 9.55 Å². The van der Waals surface area contributed by atoms with E-state index in [9.17, 15) is 0 Å². The van der Waals surface area contributed by atoms with Crippen molar-refractivity contribution in [2.24, 2.45) is 0 Å². The lowest BCUT2D eigenvalue weighted by molar-refractivity contribution is 0.770. The number of fused-ring (bicyclic) bond motifs is 1. The number of H-pyrrole nitrogens is 1. The molecule has 5 heteroatoms. The summed E-state index contributed by atoms with van der Waals surface area (Å²) in [4.78, 5) is 11.9. The number of hydrogen-bond acceptors (Lipinski definition) is 3. The molecule has 0 spiro atoms. The van der Waals surface area contributed by atoms with Gasteiger partial charge in [-0.25, -0.2) is 4.98 Å². The molecule has 0 aliphatic rings. The fourth-order valence-electron chi connectivity index (χ4n) is 1.97. The van der Waals surface area contributed by atoms with Crippen molar-refractivity contribution in [3.63, 3.8) is 0 Å². The van der Waals surface area contributed by atoms with Crippen molar-refractivity contribution in [1.82, 2.24) is 19.5 Å². The minimum atomic E-state index is 0.641. The number of nitrogens with zero attached hydrogens (tertiary/aromatic N) is 3. The number of aryl methyl sites for hydroxylation is 1. The van der Waals surface area contributed by atoms with Gasteiger partial charge in [0.05, 0.1) is 17.8 Å². The third kappa shape index (κ3) is 1.82. The summed E-state index contributed by atoms with van der Waals surface area (Å²) >= 11 is 5.33. The molecule has 0 saturated carbocycles. The Bertz CT molecular complexity index is 757. The zero-order valence-electron chi connectivity index (χ0n) is 9.92. The second-order valence-electron chi connectivity index (χ2n) is 4.16. The van der Waals surface area contributed by atoms with Gasteiger partial charge >= 0.3 is 0 Å². The van der Waals surface area contributed by atoms with E-state index in [4.69, 9.17) is 12.2 Å². The number of aromatic nitrogens is 4. The third-order valence-electron chi connectivity index (χ3n) is 2.95. The van der Waals surface area contributed by atoms with E-state index in [1.807, 2.05) is 35.8 Å². The molecule has 3 heterocycles. The summed E-state index contributed by atoms with van der Waals surface area (Å²) in [5.41, 5.74) is 3.99. The van der Waals surface area contributed by atoms with E-state index in [-0.39, 0.29) is 0 Å². The molecule has 0 fully saturated rings. The van der Waals surface area contributed by atoms with Crippen LogP contribution in [0.2, 0.25) is 0 Å². The quantitative estimate of drug-likeness (QED) is 0.717. The largest absolute Gasteiger partial charge is 0.329 e. The highest BCUT2D eigenvalue weighted by Gasteiger charge is 2.07. The number of hydrogen-bond donors (Lipinski definition) is 1. The Balaban J connectivity index is 2.13. The number of pyridine rings is 2. The normalized spacial score (nSPS) is 10.9. The van der Waals surface area contributed by atoms with Gasteiger partial charge in [-0.05, 0) is 42.9 Å². The topological polar surface area (TPSA) is 46.5 Å². The van der Waals surface area contributed by atoms with E-state index < -0.39 is 0 Å². The summed E-state index contributed by atoms with van der Waals surface area (Å²) in [5.74, 6) is 0. The van der Waals surface area contributed by atoms with Crippen LogP contribution < -0.4 is 0 Å². The zero-order valence-corrected chi connectivity index (χ0v) is 10.7. The van der Waals surface area contributed by atoms with Gasteiger partial charge in [0.25, 0.3) is 0 Å². The second-order valence-corrected chi connectivity index (χ2v) is 4.54. The molecule has 0 atom stereocenters. The monoisotopic (exact) mass is 256 g/mol. The summed E-state index contributed by atoms with van der Waals surface area (Å²) in [5, 5.41) is 0. The van der Waals surface area contributed by atoms with Crippen LogP contribution in [0, 0.1) is 11.7 Å². The van der Waals surface area contributed by atoms with Crippen molar-refractivity contribution in [2.45, 2.75) is 13.5 Å². The molecule has 1 N–H and O–H groups in total. The average molecular weight is 256 g/mol. The first-order valence-electron chi connectivity index (χ1n) is 5.70. The maximum atomic E-state index is 5.33. The molecule has 0 amide bonds. The summed E-state index contributed by atoms with van der Waals surface area (Å²) in [6.07, 6.45) is 3.57. The molecule has 3 aromatic rings. The maximum absolute atomic E-state index is 5.33. The molecule has 3 aromatic heterocycles. The van der Waals surface area contributed by atoms with Crippen LogP contribution in [-0.2, 0) is 6.54 Å². The smallest absolute Gasteiger partial charge is 0.179 e. The summed E-state index contributed by atoms with van der Waals surface area (Å²) in [6.45, 7) is 2.69. The van der Waals surface area contributed by atoms with Crippen LogP contribution in [0.25, 0.3) is 11.2 Å². The van der Waals surface area contributed by atoms with Crippen LogP contribution in [0.15, 0.2) is 36.7 Å². The lowest BCUT2D eigenvalue weighted by Gasteiger charge is -2.05. The van der Waals surface area contributed by atoms with Gasteiger partial charge in [0, 0.05) is 12.4 Å². The highest BCUT2D eigenvalue weighted by molar-refractivity contribution is 7.71. The van der Waals surface area contributed by atoms with Gasteiger partial charge in [0.1, 0.15) is 0 Å². The molecular weight excluding hydrogens is 244 g/mol. The molecule has 90 valence electrons. The van der Waals surface area contributed by atoms with E-state index in [2.05, 4.69) is 15.0 Å². The van der Waals surface area contributed by atoms with Crippen LogP contribution in [0.3, 0.4) is 0 Å². The highest BCUT2D eigenvalue weighted by atomic mass is 32.1. The molecule has 0 unspecified atom stereocenters. The molecule has 0 aliphatic carbocycles. The van der Waals surface area contributed by atoms with Crippen LogP contribution in [0.4, 0.5) is 0 Å².